The van der Waals surface area contributed by atoms with Gasteiger partial charge in [0, 0.05) is 16.0 Å². The van der Waals surface area contributed by atoms with E-state index in [0.29, 0.717) is 0 Å². The van der Waals surface area contributed by atoms with Gasteiger partial charge in [-0.3, -0.25) is 4.79 Å². The molecule has 0 saturated heterocycles. The fraction of sp³-hybridized carbons (Fsp3) is 0.176. The number of carbonyl (C=O) groups is 2. The summed E-state index contributed by atoms with van der Waals surface area (Å²) in [5.74, 6) is -1.95. The van der Waals surface area contributed by atoms with Crippen molar-refractivity contribution in [1.29, 1.82) is 0 Å². The average Bonchev–Trinajstić information content (AvgIpc) is 2.93. The summed E-state index contributed by atoms with van der Waals surface area (Å²) in [7, 11) is 0. The van der Waals surface area contributed by atoms with Gasteiger partial charge in [-0.15, -0.1) is 11.3 Å². The highest BCUT2D eigenvalue weighted by Crippen LogP contribution is 2.19. The highest BCUT2D eigenvalue weighted by Gasteiger charge is 2.18. The second-order valence-corrected chi connectivity index (χ2v) is 6.38. The van der Waals surface area contributed by atoms with Gasteiger partial charge in [-0.2, -0.15) is 0 Å². The third-order valence-corrected chi connectivity index (χ3v) is 4.34. The van der Waals surface area contributed by atoms with Crippen LogP contribution in [0.5, 0.6) is 0 Å². The van der Waals surface area contributed by atoms with Crippen LogP contribution in [0.1, 0.15) is 17.4 Å². The summed E-state index contributed by atoms with van der Waals surface area (Å²) < 4.78 is 18.6. The minimum atomic E-state index is -1.07. The molecule has 7 heteroatoms. The molecule has 0 saturated carbocycles. The van der Waals surface area contributed by atoms with Crippen LogP contribution in [-0.4, -0.2) is 18.0 Å². The standard InChI is InChI=1S/C17H15ClFNO3S/c1-10-7-8-24-15(10)5-6-16(21)23-11(2)17(22)20-14-4-3-12(18)9-13(14)19/h3-9,11H,1-2H3,(H,20,22)/b6-5+/t11-/m1/s1. The first kappa shape index (κ1) is 18.2. The van der Waals surface area contributed by atoms with E-state index < -0.39 is 23.8 Å². The Balaban J connectivity index is 1.92. The molecule has 0 aliphatic carbocycles. The normalized spacial score (nSPS) is 12.2. The Bertz CT molecular complexity index is 788. The Hall–Kier alpha value is -2.18. The summed E-state index contributed by atoms with van der Waals surface area (Å²) in [5, 5.41) is 4.48. The molecule has 1 amide bonds. The molecule has 1 aromatic heterocycles. The molecule has 2 rings (SSSR count). The summed E-state index contributed by atoms with van der Waals surface area (Å²) in [6, 6.07) is 5.80. The Kier molecular flexibility index (Phi) is 6.11. The van der Waals surface area contributed by atoms with E-state index in [0.717, 1.165) is 16.5 Å². The van der Waals surface area contributed by atoms with Crippen molar-refractivity contribution < 1.29 is 18.7 Å². The molecule has 1 atom stereocenters. The van der Waals surface area contributed by atoms with Crippen molar-refractivity contribution in [3.05, 3.63) is 57.0 Å². The largest absolute Gasteiger partial charge is 0.449 e. The highest BCUT2D eigenvalue weighted by molar-refractivity contribution is 7.11. The Morgan fingerprint density at radius 1 is 1.38 bits per heavy atom. The first-order chi connectivity index (χ1) is 11.4. The third-order valence-electron chi connectivity index (χ3n) is 3.12. The zero-order chi connectivity index (χ0) is 17.7. The molecular formula is C17H15ClFNO3S. The van der Waals surface area contributed by atoms with Crippen molar-refractivity contribution in [3.63, 3.8) is 0 Å². The van der Waals surface area contributed by atoms with E-state index in [1.807, 2.05) is 18.4 Å². The van der Waals surface area contributed by atoms with Gasteiger partial charge in [0.15, 0.2) is 6.10 Å². The van der Waals surface area contributed by atoms with Gasteiger partial charge in [0.1, 0.15) is 5.82 Å². The number of ether oxygens (including phenoxy) is 1. The zero-order valence-corrected chi connectivity index (χ0v) is 14.6. The smallest absolute Gasteiger partial charge is 0.331 e. The molecule has 4 nitrogen and oxygen atoms in total. The molecule has 2 aromatic rings. The van der Waals surface area contributed by atoms with Crippen molar-refractivity contribution >= 4 is 46.6 Å². The molecule has 0 unspecified atom stereocenters. The number of esters is 1. The van der Waals surface area contributed by atoms with Crippen molar-refractivity contribution in [3.8, 4) is 0 Å². The van der Waals surface area contributed by atoms with E-state index in [-0.39, 0.29) is 10.7 Å². The molecule has 1 N–H and O–H groups in total. The molecule has 24 heavy (non-hydrogen) atoms. The summed E-state index contributed by atoms with van der Waals surface area (Å²) >= 11 is 7.14. The minimum Gasteiger partial charge on any atom is -0.449 e. The average molecular weight is 368 g/mol. The van der Waals surface area contributed by atoms with Gasteiger partial charge < -0.3 is 10.1 Å². The predicted octanol–water partition coefficient (Wildman–Crippen LogP) is 4.43. The summed E-state index contributed by atoms with van der Waals surface area (Å²) in [4.78, 5) is 24.7. The Labute approximate surface area is 147 Å². The summed E-state index contributed by atoms with van der Waals surface area (Å²) in [5.41, 5.74) is 1.02. The van der Waals surface area contributed by atoms with E-state index >= 15 is 0 Å². The van der Waals surface area contributed by atoms with E-state index in [4.69, 9.17) is 16.3 Å². The number of amides is 1. The van der Waals surface area contributed by atoms with Crippen LogP contribution in [0, 0.1) is 12.7 Å². The number of nitrogens with one attached hydrogen (secondary N) is 1. The lowest BCUT2D eigenvalue weighted by Gasteiger charge is -2.12. The molecular weight excluding hydrogens is 353 g/mol. The third kappa shape index (κ3) is 4.91. The van der Waals surface area contributed by atoms with E-state index in [2.05, 4.69) is 5.32 Å². The Morgan fingerprint density at radius 3 is 2.75 bits per heavy atom. The van der Waals surface area contributed by atoms with Crippen LogP contribution < -0.4 is 5.32 Å². The lowest BCUT2D eigenvalue weighted by Crippen LogP contribution is -2.29. The highest BCUT2D eigenvalue weighted by atomic mass is 35.5. The van der Waals surface area contributed by atoms with Crippen LogP contribution in [0.25, 0.3) is 6.08 Å². The van der Waals surface area contributed by atoms with Crippen LogP contribution in [0.3, 0.4) is 0 Å². The van der Waals surface area contributed by atoms with Crippen LogP contribution in [-0.2, 0) is 14.3 Å². The van der Waals surface area contributed by atoms with Gasteiger partial charge >= 0.3 is 5.97 Å². The maximum atomic E-state index is 13.6. The number of halogens is 2. The van der Waals surface area contributed by atoms with Crippen molar-refractivity contribution in [2.24, 2.45) is 0 Å². The SMILES string of the molecule is Cc1ccsc1/C=C/C(=O)O[C@H](C)C(=O)Nc1ccc(Cl)cc1F. The van der Waals surface area contributed by atoms with E-state index in [1.165, 1.54) is 36.5 Å². The van der Waals surface area contributed by atoms with Crippen LogP contribution in [0.15, 0.2) is 35.7 Å². The van der Waals surface area contributed by atoms with Gasteiger partial charge in [-0.1, -0.05) is 11.6 Å². The first-order valence-electron chi connectivity index (χ1n) is 7.05. The number of thiophene rings is 1. The number of carbonyl (C=O) groups excluding carboxylic acids is 2. The number of hydrogen-bond donors (Lipinski definition) is 1. The van der Waals surface area contributed by atoms with E-state index in [9.17, 15) is 14.0 Å². The fourth-order valence-corrected chi connectivity index (χ4v) is 2.77. The topological polar surface area (TPSA) is 55.4 Å². The van der Waals surface area contributed by atoms with Crippen molar-refractivity contribution in [2.45, 2.75) is 20.0 Å². The van der Waals surface area contributed by atoms with Crippen molar-refractivity contribution in [1.82, 2.24) is 0 Å². The number of aryl methyl sites for hydroxylation is 1. The predicted molar refractivity (Wildman–Crippen MR) is 93.7 cm³/mol. The second kappa shape index (κ2) is 8.08. The van der Waals surface area contributed by atoms with Crippen LogP contribution >= 0.6 is 22.9 Å². The van der Waals surface area contributed by atoms with E-state index in [1.54, 1.807) is 6.08 Å². The first-order valence-corrected chi connectivity index (χ1v) is 8.31. The maximum Gasteiger partial charge on any atom is 0.331 e. The monoisotopic (exact) mass is 367 g/mol. The lowest BCUT2D eigenvalue weighted by atomic mass is 10.2. The zero-order valence-electron chi connectivity index (χ0n) is 13.0. The number of benzene rings is 1. The van der Waals surface area contributed by atoms with Crippen molar-refractivity contribution in [2.75, 3.05) is 5.32 Å². The van der Waals surface area contributed by atoms with Gasteiger partial charge in [-0.25, -0.2) is 9.18 Å². The van der Waals surface area contributed by atoms with Gasteiger partial charge in [0.25, 0.3) is 5.91 Å². The molecule has 0 bridgehead atoms. The second-order valence-electron chi connectivity index (χ2n) is 4.99. The molecule has 1 aromatic carbocycles. The van der Waals surface area contributed by atoms with Crippen LogP contribution in [0.2, 0.25) is 5.02 Å². The Morgan fingerprint density at radius 2 is 2.12 bits per heavy atom. The fourth-order valence-electron chi connectivity index (χ4n) is 1.79. The quantitative estimate of drug-likeness (QED) is 0.628. The van der Waals surface area contributed by atoms with Crippen LogP contribution in [0.4, 0.5) is 10.1 Å². The maximum absolute atomic E-state index is 13.6. The number of hydrogen-bond acceptors (Lipinski definition) is 4. The van der Waals surface area contributed by atoms with Gasteiger partial charge in [0.05, 0.1) is 5.69 Å². The number of rotatable bonds is 5. The molecule has 0 aliphatic heterocycles. The molecule has 0 radical (unpaired) electrons. The molecule has 0 fully saturated rings. The lowest BCUT2D eigenvalue weighted by molar-refractivity contribution is -0.148. The number of anilines is 1. The molecule has 1 heterocycles. The van der Waals surface area contributed by atoms with Gasteiger partial charge in [0.2, 0.25) is 0 Å². The molecule has 126 valence electrons. The summed E-state index contributed by atoms with van der Waals surface area (Å²) in [6.45, 7) is 3.34. The summed E-state index contributed by atoms with van der Waals surface area (Å²) in [6.07, 6.45) is 1.82. The molecule has 0 aliphatic rings. The molecule has 0 spiro atoms. The van der Waals surface area contributed by atoms with Gasteiger partial charge in [-0.05, 0) is 55.1 Å². The minimum absolute atomic E-state index is 0.0305.